The minimum atomic E-state index is 0.739. The summed E-state index contributed by atoms with van der Waals surface area (Å²) in [5, 5.41) is 0. The molecule has 0 aromatic heterocycles. The van der Waals surface area contributed by atoms with Crippen LogP contribution in [0.1, 0.15) is 52.4 Å². The lowest BCUT2D eigenvalue weighted by Crippen LogP contribution is -2.18. The lowest BCUT2D eigenvalue weighted by Gasteiger charge is -2.25. The maximum Gasteiger partial charge on any atom is 0.0471 e. The van der Waals surface area contributed by atoms with Gasteiger partial charge in [0.05, 0.1) is 0 Å². The van der Waals surface area contributed by atoms with Gasteiger partial charge in [-0.25, -0.2) is 0 Å². The van der Waals surface area contributed by atoms with E-state index in [1.54, 1.807) is 0 Å². The Balaban J connectivity index is 2.21. The lowest BCUT2D eigenvalue weighted by molar-refractivity contribution is 0.0745. The molecule has 1 aliphatic rings. The van der Waals surface area contributed by atoms with E-state index in [9.17, 15) is 0 Å². The molecule has 0 spiro atoms. The van der Waals surface area contributed by atoms with Gasteiger partial charge in [0, 0.05) is 13.2 Å². The number of unbranched alkanes of at least 4 members (excludes halogenated alkanes) is 1. The number of rotatable bonds is 6. The van der Waals surface area contributed by atoms with Crippen LogP contribution in [0.5, 0.6) is 0 Å². The molecule has 1 fully saturated rings. The summed E-state index contributed by atoms with van der Waals surface area (Å²) in [7, 11) is 0. The first-order valence-electron chi connectivity index (χ1n) is 6.49. The highest BCUT2D eigenvalue weighted by molar-refractivity contribution is 5.02. The van der Waals surface area contributed by atoms with Crippen LogP contribution in [-0.2, 0) is 4.74 Å². The van der Waals surface area contributed by atoms with Crippen molar-refractivity contribution in [2.24, 2.45) is 11.8 Å². The van der Waals surface area contributed by atoms with Crippen molar-refractivity contribution in [1.82, 2.24) is 0 Å². The summed E-state index contributed by atoms with van der Waals surface area (Å²) < 4.78 is 5.38. The van der Waals surface area contributed by atoms with E-state index in [1.165, 1.54) is 44.1 Å². The number of ether oxygens (including phenoxy) is 1. The second-order valence-electron chi connectivity index (χ2n) is 5.00. The van der Waals surface area contributed by atoms with E-state index >= 15 is 0 Å². The lowest BCUT2D eigenvalue weighted by atomic mass is 9.85. The van der Waals surface area contributed by atoms with Crippen LogP contribution in [0, 0.1) is 11.8 Å². The third kappa shape index (κ3) is 4.83. The fourth-order valence-corrected chi connectivity index (χ4v) is 2.37. The van der Waals surface area contributed by atoms with Crippen molar-refractivity contribution in [2.45, 2.75) is 52.4 Å². The zero-order chi connectivity index (χ0) is 11.1. The first kappa shape index (κ1) is 12.8. The van der Waals surface area contributed by atoms with Gasteiger partial charge >= 0.3 is 0 Å². The molecule has 1 nitrogen and oxygen atoms in total. The Morgan fingerprint density at radius 3 is 2.67 bits per heavy atom. The fourth-order valence-electron chi connectivity index (χ4n) is 2.37. The van der Waals surface area contributed by atoms with Crippen LogP contribution in [0.3, 0.4) is 0 Å². The van der Waals surface area contributed by atoms with E-state index in [4.69, 9.17) is 4.74 Å². The third-order valence-electron chi connectivity index (χ3n) is 3.46. The quantitative estimate of drug-likeness (QED) is 0.597. The minimum Gasteiger partial charge on any atom is -0.381 e. The van der Waals surface area contributed by atoms with Crippen LogP contribution in [0.2, 0.25) is 0 Å². The van der Waals surface area contributed by atoms with Gasteiger partial charge in [0.1, 0.15) is 0 Å². The van der Waals surface area contributed by atoms with Gasteiger partial charge in [-0.3, -0.25) is 0 Å². The van der Waals surface area contributed by atoms with Crippen LogP contribution in [0.15, 0.2) is 12.2 Å². The van der Waals surface area contributed by atoms with Gasteiger partial charge < -0.3 is 4.74 Å². The van der Waals surface area contributed by atoms with E-state index < -0.39 is 0 Å². The van der Waals surface area contributed by atoms with Gasteiger partial charge in [0.2, 0.25) is 0 Å². The molecule has 0 aromatic carbocycles. The molecule has 1 saturated heterocycles. The fraction of sp³-hybridized carbons (Fsp3) is 0.857. The van der Waals surface area contributed by atoms with Gasteiger partial charge in [-0.1, -0.05) is 45.3 Å². The number of allylic oxidation sites excluding steroid dienone is 1. The van der Waals surface area contributed by atoms with Gasteiger partial charge in [0.15, 0.2) is 0 Å². The molecule has 0 aromatic rings. The van der Waals surface area contributed by atoms with Gasteiger partial charge in [-0.15, -0.1) is 0 Å². The molecule has 0 radical (unpaired) electrons. The Morgan fingerprint density at radius 2 is 2.07 bits per heavy atom. The molecule has 88 valence electrons. The molecule has 1 aliphatic heterocycles. The van der Waals surface area contributed by atoms with Gasteiger partial charge in [0.25, 0.3) is 0 Å². The van der Waals surface area contributed by atoms with E-state index in [2.05, 4.69) is 20.4 Å². The highest BCUT2D eigenvalue weighted by Gasteiger charge is 2.17. The maximum absolute atomic E-state index is 5.38. The first-order valence-corrected chi connectivity index (χ1v) is 6.49. The Morgan fingerprint density at radius 1 is 1.40 bits per heavy atom. The van der Waals surface area contributed by atoms with Crippen molar-refractivity contribution < 1.29 is 4.74 Å². The molecule has 0 N–H and O–H groups in total. The molecular weight excluding hydrogens is 184 g/mol. The van der Waals surface area contributed by atoms with Crippen LogP contribution >= 0.6 is 0 Å². The molecule has 0 aliphatic carbocycles. The second kappa shape index (κ2) is 7.05. The van der Waals surface area contributed by atoms with Crippen molar-refractivity contribution in [3.63, 3.8) is 0 Å². The Kier molecular flexibility index (Phi) is 6.00. The average Bonchev–Trinajstić information content (AvgIpc) is 2.27. The van der Waals surface area contributed by atoms with Crippen molar-refractivity contribution in [1.29, 1.82) is 0 Å². The smallest absolute Gasteiger partial charge is 0.0471 e. The van der Waals surface area contributed by atoms with E-state index in [1.807, 2.05) is 0 Å². The molecule has 1 heterocycles. The predicted molar refractivity (Wildman–Crippen MR) is 66.0 cm³/mol. The molecule has 15 heavy (non-hydrogen) atoms. The molecule has 1 heteroatoms. The molecule has 1 rings (SSSR count). The Labute approximate surface area is 94.9 Å². The standard InChI is InChI=1S/C14H26O/c1-4-5-6-12(2)11-13(3)14-7-9-15-10-8-14/h12,14H,3-11H2,1-2H3/t12-/m1/s1. The number of hydrogen-bond acceptors (Lipinski definition) is 1. The molecular formula is C14H26O. The zero-order valence-corrected chi connectivity index (χ0v) is 10.4. The summed E-state index contributed by atoms with van der Waals surface area (Å²) in [6.45, 7) is 10.8. The summed E-state index contributed by atoms with van der Waals surface area (Å²) >= 11 is 0. The largest absolute Gasteiger partial charge is 0.381 e. The predicted octanol–water partition coefficient (Wildman–Crippen LogP) is 4.19. The highest BCUT2D eigenvalue weighted by Crippen LogP contribution is 2.28. The van der Waals surface area contributed by atoms with Crippen molar-refractivity contribution in [2.75, 3.05) is 13.2 Å². The van der Waals surface area contributed by atoms with Crippen molar-refractivity contribution in [3.05, 3.63) is 12.2 Å². The van der Waals surface area contributed by atoms with Gasteiger partial charge in [-0.05, 0) is 31.1 Å². The molecule has 0 saturated carbocycles. The zero-order valence-electron chi connectivity index (χ0n) is 10.4. The third-order valence-corrected chi connectivity index (χ3v) is 3.46. The second-order valence-corrected chi connectivity index (χ2v) is 5.00. The van der Waals surface area contributed by atoms with Crippen LogP contribution in [-0.4, -0.2) is 13.2 Å². The van der Waals surface area contributed by atoms with Crippen LogP contribution in [0.4, 0.5) is 0 Å². The molecule has 0 bridgehead atoms. The topological polar surface area (TPSA) is 9.23 Å². The van der Waals surface area contributed by atoms with Crippen molar-refractivity contribution >= 4 is 0 Å². The van der Waals surface area contributed by atoms with E-state index in [0.717, 1.165) is 25.0 Å². The van der Waals surface area contributed by atoms with Crippen LogP contribution in [0.25, 0.3) is 0 Å². The molecule has 1 atom stereocenters. The van der Waals surface area contributed by atoms with Gasteiger partial charge in [-0.2, -0.15) is 0 Å². The molecule has 0 amide bonds. The number of hydrogen-bond donors (Lipinski definition) is 0. The minimum absolute atomic E-state index is 0.739. The molecule has 0 unspecified atom stereocenters. The van der Waals surface area contributed by atoms with E-state index in [-0.39, 0.29) is 0 Å². The van der Waals surface area contributed by atoms with E-state index in [0.29, 0.717) is 0 Å². The maximum atomic E-state index is 5.38. The Bertz CT molecular complexity index is 180. The SMILES string of the molecule is C=C(C[C@H](C)CCCC)C1CCOCC1. The summed E-state index contributed by atoms with van der Waals surface area (Å²) in [5.74, 6) is 1.56. The summed E-state index contributed by atoms with van der Waals surface area (Å²) in [6.07, 6.45) is 7.65. The monoisotopic (exact) mass is 210 g/mol. The summed E-state index contributed by atoms with van der Waals surface area (Å²) in [4.78, 5) is 0. The highest BCUT2D eigenvalue weighted by atomic mass is 16.5. The van der Waals surface area contributed by atoms with Crippen LogP contribution < -0.4 is 0 Å². The normalized spacial score (nSPS) is 20.1. The Hall–Kier alpha value is -0.300. The average molecular weight is 210 g/mol. The summed E-state index contributed by atoms with van der Waals surface area (Å²) in [6, 6.07) is 0. The van der Waals surface area contributed by atoms with Crippen molar-refractivity contribution in [3.8, 4) is 0 Å². The first-order chi connectivity index (χ1) is 7.24. The summed E-state index contributed by atoms with van der Waals surface area (Å²) in [5.41, 5.74) is 1.47.